The number of hydrogen-bond acceptors (Lipinski definition) is 8. The fourth-order valence-corrected chi connectivity index (χ4v) is 2.76. The second-order valence-corrected chi connectivity index (χ2v) is 6.50. The molecule has 0 saturated carbocycles. The number of carbonyl (C=O) groups is 1. The van der Waals surface area contributed by atoms with E-state index in [-0.39, 0.29) is 35.4 Å². The van der Waals surface area contributed by atoms with E-state index in [0.717, 1.165) is 11.6 Å². The molecule has 1 heterocycles. The second kappa shape index (κ2) is 10.4. The third-order valence-electron chi connectivity index (χ3n) is 4.43. The number of nitrogens with zero attached hydrogens (tertiary/aromatic N) is 2. The molecule has 168 valence electrons. The van der Waals surface area contributed by atoms with Gasteiger partial charge in [-0.15, -0.1) is 0 Å². The molecule has 1 N–H and O–H groups in total. The minimum absolute atomic E-state index is 0.0484. The first kappa shape index (κ1) is 22.7. The molecule has 0 atom stereocenters. The molecule has 0 radical (unpaired) electrons. The highest BCUT2D eigenvalue weighted by molar-refractivity contribution is 5.58. The summed E-state index contributed by atoms with van der Waals surface area (Å²) in [6.07, 6.45) is 3.39. The molecule has 3 rings (SSSR count). The molecule has 0 aliphatic carbocycles. The number of aromatic nitrogens is 2. The van der Waals surface area contributed by atoms with Crippen LogP contribution in [0, 0.1) is 18.6 Å². The molecule has 0 bridgehead atoms. The van der Waals surface area contributed by atoms with Crippen LogP contribution in [0.3, 0.4) is 0 Å². The van der Waals surface area contributed by atoms with E-state index in [0.29, 0.717) is 17.7 Å². The van der Waals surface area contributed by atoms with Gasteiger partial charge in [0.05, 0.1) is 32.2 Å². The summed E-state index contributed by atoms with van der Waals surface area (Å²) in [4.78, 5) is 18.8. The maximum atomic E-state index is 14.4. The number of rotatable bonds is 10. The fourth-order valence-electron chi connectivity index (χ4n) is 2.76. The van der Waals surface area contributed by atoms with E-state index in [2.05, 4.69) is 15.3 Å². The standard InChI is InChI=1S/C22H21F2N3O5/c1-13-4-5-14(8-17(13)31-7-6-28)27-22-25-10-15(11-26-22)32-12-16-20(23)18(29-2)9-19(30-3)21(16)24/h4-6,8-11H,7,12H2,1-3H3,(H,25,26,27). The molecule has 0 unspecified atom stereocenters. The van der Waals surface area contributed by atoms with E-state index >= 15 is 0 Å². The summed E-state index contributed by atoms with van der Waals surface area (Å²) in [5, 5.41) is 3.00. The summed E-state index contributed by atoms with van der Waals surface area (Å²) in [5.74, 6) is -1.05. The number of nitrogens with one attached hydrogen (secondary N) is 1. The average Bonchev–Trinajstić information content (AvgIpc) is 2.80. The Bertz CT molecular complexity index is 1070. The molecule has 2 aromatic carbocycles. The van der Waals surface area contributed by atoms with E-state index < -0.39 is 18.2 Å². The summed E-state index contributed by atoms with van der Waals surface area (Å²) in [7, 11) is 2.54. The zero-order valence-electron chi connectivity index (χ0n) is 17.6. The molecule has 0 amide bonds. The number of aryl methyl sites for hydroxylation is 1. The number of halogens is 2. The summed E-state index contributed by atoms with van der Waals surface area (Å²) in [5.41, 5.74) is 1.18. The molecular weight excluding hydrogens is 424 g/mol. The maximum Gasteiger partial charge on any atom is 0.227 e. The van der Waals surface area contributed by atoms with Crippen LogP contribution < -0.4 is 24.3 Å². The van der Waals surface area contributed by atoms with Gasteiger partial charge >= 0.3 is 0 Å². The lowest BCUT2D eigenvalue weighted by Gasteiger charge is -2.13. The Kier molecular flexibility index (Phi) is 7.37. The van der Waals surface area contributed by atoms with Crippen molar-refractivity contribution in [2.24, 2.45) is 0 Å². The molecule has 0 saturated heterocycles. The van der Waals surface area contributed by atoms with Crippen LogP contribution in [0.1, 0.15) is 11.1 Å². The lowest BCUT2D eigenvalue weighted by molar-refractivity contribution is -0.109. The lowest BCUT2D eigenvalue weighted by Crippen LogP contribution is -2.06. The van der Waals surface area contributed by atoms with Crippen LogP contribution in [0.5, 0.6) is 23.0 Å². The van der Waals surface area contributed by atoms with Crippen LogP contribution in [0.25, 0.3) is 0 Å². The number of carbonyl (C=O) groups excluding carboxylic acids is 1. The first-order chi connectivity index (χ1) is 15.5. The van der Waals surface area contributed by atoms with Gasteiger partial charge in [0.25, 0.3) is 0 Å². The highest BCUT2D eigenvalue weighted by Gasteiger charge is 2.20. The number of ether oxygens (including phenoxy) is 4. The predicted molar refractivity (Wildman–Crippen MR) is 112 cm³/mol. The second-order valence-electron chi connectivity index (χ2n) is 6.50. The van der Waals surface area contributed by atoms with Crippen molar-refractivity contribution in [2.75, 3.05) is 26.1 Å². The molecule has 10 heteroatoms. The molecule has 3 aromatic rings. The van der Waals surface area contributed by atoms with Crippen LogP contribution in [0.4, 0.5) is 20.4 Å². The van der Waals surface area contributed by atoms with Crippen LogP contribution in [0.2, 0.25) is 0 Å². The van der Waals surface area contributed by atoms with Gasteiger partial charge in [-0.25, -0.2) is 18.7 Å². The predicted octanol–water partition coefficient (Wildman–Crippen LogP) is 3.98. The largest absolute Gasteiger partial charge is 0.494 e. The third-order valence-corrected chi connectivity index (χ3v) is 4.43. The minimum atomic E-state index is -0.878. The molecule has 32 heavy (non-hydrogen) atoms. The van der Waals surface area contributed by atoms with E-state index in [1.54, 1.807) is 12.1 Å². The summed E-state index contributed by atoms with van der Waals surface area (Å²) < 4.78 is 49.5. The Labute approximate surface area is 183 Å². The van der Waals surface area contributed by atoms with Gasteiger partial charge in [0, 0.05) is 17.8 Å². The third kappa shape index (κ3) is 5.20. The first-order valence-corrected chi connectivity index (χ1v) is 9.44. The van der Waals surface area contributed by atoms with E-state index in [1.807, 2.05) is 13.0 Å². The Morgan fingerprint density at radius 1 is 0.969 bits per heavy atom. The van der Waals surface area contributed by atoms with Gasteiger partial charge in [-0.3, -0.25) is 4.79 Å². The van der Waals surface area contributed by atoms with E-state index in [9.17, 15) is 13.6 Å². The normalized spacial score (nSPS) is 10.4. The summed E-state index contributed by atoms with van der Waals surface area (Å²) in [6, 6.07) is 6.47. The minimum Gasteiger partial charge on any atom is -0.494 e. The van der Waals surface area contributed by atoms with Gasteiger partial charge in [0.1, 0.15) is 19.0 Å². The van der Waals surface area contributed by atoms with Crippen molar-refractivity contribution in [2.45, 2.75) is 13.5 Å². The molecule has 8 nitrogen and oxygen atoms in total. The highest BCUT2D eigenvalue weighted by Crippen LogP contribution is 2.32. The quantitative estimate of drug-likeness (QED) is 0.469. The Morgan fingerprint density at radius 3 is 2.22 bits per heavy atom. The van der Waals surface area contributed by atoms with Gasteiger partial charge in [-0.05, 0) is 18.6 Å². The van der Waals surface area contributed by atoms with Crippen LogP contribution >= 0.6 is 0 Å². The molecular formula is C22H21F2N3O5. The zero-order chi connectivity index (χ0) is 23.1. The Hall–Kier alpha value is -3.95. The van der Waals surface area contributed by atoms with Gasteiger partial charge in [-0.1, -0.05) is 6.07 Å². The Balaban J connectivity index is 1.69. The number of methoxy groups -OCH3 is 2. The van der Waals surface area contributed by atoms with Gasteiger partial charge in [0.2, 0.25) is 5.95 Å². The maximum absolute atomic E-state index is 14.4. The SMILES string of the molecule is COc1cc(OC)c(F)c(COc2cnc(Nc3ccc(C)c(OCC=O)c3)nc2)c1F. The smallest absolute Gasteiger partial charge is 0.227 e. The molecule has 0 aliphatic rings. The van der Waals surface area contributed by atoms with Gasteiger partial charge in [0.15, 0.2) is 35.2 Å². The first-order valence-electron chi connectivity index (χ1n) is 9.44. The monoisotopic (exact) mass is 445 g/mol. The zero-order valence-corrected chi connectivity index (χ0v) is 17.6. The van der Waals surface area contributed by atoms with Crippen molar-refractivity contribution in [3.8, 4) is 23.0 Å². The topological polar surface area (TPSA) is 91.8 Å². The molecule has 0 fully saturated rings. The summed E-state index contributed by atoms with van der Waals surface area (Å²) in [6.45, 7) is 1.39. The Morgan fingerprint density at radius 2 is 1.62 bits per heavy atom. The molecule has 0 aliphatic heterocycles. The van der Waals surface area contributed by atoms with Crippen LogP contribution in [0.15, 0.2) is 36.7 Å². The fraction of sp³-hybridized carbons (Fsp3) is 0.227. The van der Waals surface area contributed by atoms with Crippen molar-refractivity contribution in [1.29, 1.82) is 0 Å². The lowest BCUT2D eigenvalue weighted by atomic mass is 10.1. The van der Waals surface area contributed by atoms with Crippen molar-refractivity contribution in [1.82, 2.24) is 9.97 Å². The average molecular weight is 445 g/mol. The highest BCUT2D eigenvalue weighted by atomic mass is 19.1. The van der Waals surface area contributed by atoms with E-state index in [4.69, 9.17) is 18.9 Å². The molecule has 1 aromatic heterocycles. The van der Waals surface area contributed by atoms with E-state index in [1.165, 1.54) is 26.6 Å². The van der Waals surface area contributed by atoms with Crippen molar-refractivity contribution >= 4 is 17.9 Å². The van der Waals surface area contributed by atoms with Crippen molar-refractivity contribution in [3.63, 3.8) is 0 Å². The van der Waals surface area contributed by atoms with Crippen molar-refractivity contribution in [3.05, 3.63) is 59.4 Å². The van der Waals surface area contributed by atoms with Crippen molar-refractivity contribution < 1.29 is 32.5 Å². The van der Waals surface area contributed by atoms with Crippen LogP contribution in [-0.4, -0.2) is 37.1 Å². The number of aldehydes is 1. The summed E-state index contributed by atoms with van der Waals surface area (Å²) >= 11 is 0. The van der Waals surface area contributed by atoms with Crippen LogP contribution in [-0.2, 0) is 11.4 Å². The number of benzene rings is 2. The number of hydrogen-bond donors (Lipinski definition) is 1. The number of anilines is 2. The van der Waals surface area contributed by atoms with Gasteiger partial charge < -0.3 is 24.3 Å². The van der Waals surface area contributed by atoms with Gasteiger partial charge in [-0.2, -0.15) is 0 Å². The molecule has 0 spiro atoms.